The van der Waals surface area contributed by atoms with E-state index in [1.165, 1.54) is 23.5 Å². The second kappa shape index (κ2) is 4.34. The van der Waals surface area contributed by atoms with E-state index in [4.69, 9.17) is 10.8 Å². The number of nitrogens with two attached hydrogens (primary N) is 1. The Balaban J connectivity index is 2.06. The van der Waals surface area contributed by atoms with Crippen molar-refractivity contribution in [3.05, 3.63) is 16.1 Å². The molecule has 0 aromatic carbocycles. The van der Waals surface area contributed by atoms with Crippen molar-refractivity contribution < 1.29 is 0 Å². The SMILES string of the molecule is CC(C)(C)c1csc(CC(NN)C2(C)CC2)n1. The Bertz CT molecular complexity index is 388. The van der Waals surface area contributed by atoms with Crippen molar-refractivity contribution in [3.8, 4) is 0 Å². The number of nitrogens with one attached hydrogen (secondary N) is 1. The summed E-state index contributed by atoms with van der Waals surface area (Å²) in [6, 6.07) is 0.362. The summed E-state index contributed by atoms with van der Waals surface area (Å²) < 4.78 is 0. The van der Waals surface area contributed by atoms with Gasteiger partial charge in [0.1, 0.15) is 0 Å². The van der Waals surface area contributed by atoms with Crippen LogP contribution in [0.4, 0.5) is 0 Å². The third kappa shape index (κ3) is 2.87. The molecular formula is C13H23N3S. The summed E-state index contributed by atoms with van der Waals surface area (Å²) in [4.78, 5) is 4.73. The maximum absolute atomic E-state index is 5.67. The average molecular weight is 253 g/mol. The minimum atomic E-state index is 0.143. The summed E-state index contributed by atoms with van der Waals surface area (Å²) in [7, 11) is 0. The van der Waals surface area contributed by atoms with E-state index in [1.54, 1.807) is 11.3 Å². The zero-order chi connectivity index (χ0) is 12.7. The van der Waals surface area contributed by atoms with Crippen molar-refractivity contribution in [1.82, 2.24) is 10.4 Å². The van der Waals surface area contributed by atoms with Crippen LogP contribution in [0.3, 0.4) is 0 Å². The molecule has 1 aliphatic carbocycles. The first kappa shape index (κ1) is 13.0. The summed E-state index contributed by atoms with van der Waals surface area (Å²) >= 11 is 1.76. The van der Waals surface area contributed by atoms with Gasteiger partial charge in [0.2, 0.25) is 0 Å². The lowest BCUT2D eigenvalue weighted by atomic mass is 9.93. The Morgan fingerprint density at radius 3 is 2.59 bits per heavy atom. The maximum Gasteiger partial charge on any atom is 0.0944 e. The van der Waals surface area contributed by atoms with E-state index < -0.39 is 0 Å². The van der Waals surface area contributed by atoms with Gasteiger partial charge in [-0.05, 0) is 18.3 Å². The fraction of sp³-hybridized carbons (Fsp3) is 0.769. The summed E-state index contributed by atoms with van der Waals surface area (Å²) in [6.07, 6.45) is 3.51. The fourth-order valence-corrected chi connectivity index (χ4v) is 3.04. The van der Waals surface area contributed by atoms with E-state index >= 15 is 0 Å². The molecule has 0 aliphatic heterocycles. The highest BCUT2D eigenvalue weighted by molar-refractivity contribution is 7.09. The smallest absolute Gasteiger partial charge is 0.0944 e. The number of hydrogen-bond acceptors (Lipinski definition) is 4. The van der Waals surface area contributed by atoms with Crippen molar-refractivity contribution in [2.24, 2.45) is 11.3 Å². The Labute approximate surface area is 108 Å². The van der Waals surface area contributed by atoms with E-state index in [0.29, 0.717) is 11.5 Å². The highest BCUT2D eigenvalue weighted by atomic mass is 32.1. The zero-order valence-electron chi connectivity index (χ0n) is 11.2. The van der Waals surface area contributed by atoms with E-state index in [-0.39, 0.29) is 5.41 Å². The van der Waals surface area contributed by atoms with Crippen LogP contribution in [0, 0.1) is 5.41 Å². The molecule has 0 bridgehead atoms. The molecule has 4 heteroatoms. The molecule has 17 heavy (non-hydrogen) atoms. The molecule has 1 saturated carbocycles. The Hall–Kier alpha value is -0.450. The highest BCUT2D eigenvalue weighted by Crippen LogP contribution is 2.48. The van der Waals surface area contributed by atoms with Crippen molar-refractivity contribution in [1.29, 1.82) is 0 Å². The Kier molecular flexibility index (Phi) is 3.31. The van der Waals surface area contributed by atoms with Gasteiger partial charge in [-0.1, -0.05) is 27.7 Å². The van der Waals surface area contributed by atoms with Gasteiger partial charge in [0.15, 0.2) is 0 Å². The lowest BCUT2D eigenvalue weighted by Crippen LogP contribution is -2.42. The predicted octanol–water partition coefficient (Wildman–Crippen LogP) is 2.62. The first-order valence-electron chi connectivity index (χ1n) is 6.26. The second-order valence-electron chi connectivity index (χ2n) is 6.45. The Morgan fingerprint density at radius 2 is 2.18 bits per heavy atom. The standard InChI is InChI=1S/C13H23N3S/c1-12(2,3)10-8-17-11(15-10)7-9(16-14)13(4)5-6-13/h8-9,16H,5-7,14H2,1-4H3. The molecule has 2 rings (SSSR count). The molecule has 1 heterocycles. The minimum absolute atomic E-state index is 0.143. The monoisotopic (exact) mass is 253 g/mol. The van der Waals surface area contributed by atoms with E-state index in [0.717, 1.165) is 6.42 Å². The number of aromatic nitrogens is 1. The quantitative estimate of drug-likeness (QED) is 0.640. The fourth-order valence-electron chi connectivity index (χ4n) is 1.98. The topological polar surface area (TPSA) is 50.9 Å². The number of rotatable bonds is 4. The third-order valence-corrected chi connectivity index (χ3v) is 4.65. The van der Waals surface area contributed by atoms with Crippen LogP contribution in [0.25, 0.3) is 0 Å². The van der Waals surface area contributed by atoms with Gasteiger partial charge in [-0.3, -0.25) is 11.3 Å². The van der Waals surface area contributed by atoms with Gasteiger partial charge in [-0.2, -0.15) is 0 Å². The molecule has 1 aromatic heterocycles. The molecule has 1 unspecified atom stereocenters. The molecule has 3 N–H and O–H groups in total. The van der Waals surface area contributed by atoms with Crippen LogP contribution in [-0.4, -0.2) is 11.0 Å². The van der Waals surface area contributed by atoms with Gasteiger partial charge in [-0.25, -0.2) is 4.98 Å². The molecule has 96 valence electrons. The van der Waals surface area contributed by atoms with Gasteiger partial charge in [0.05, 0.1) is 10.7 Å². The van der Waals surface area contributed by atoms with E-state index in [1.807, 2.05) is 0 Å². The lowest BCUT2D eigenvalue weighted by Gasteiger charge is -2.21. The zero-order valence-corrected chi connectivity index (χ0v) is 12.0. The first-order chi connectivity index (χ1) is 7.85. The summed E-state index contributed by atoms with van der Waals surface area (Å²) in [5.74, 6) is 5.67. The minimum Gasteiger partial charge on any atom is -0.271 e. The molecule has 1 aromatic rings. The van der Waals surface area contributed by atoms with Crippen molar-refractivity contribution >= 4 is 11.3 Å². The van der Waals surface area contributed by atoms with E-state index in [9.17, 15) is 0 Å². The van der Waals surface area contributed by atoms with Gasteiger partial charge < -0.3 is 0 Å². The van der Waals surface area contributed by atoms with Crippen LogP contribution >= 0.6 is 11.3 Å². The second-order valence-corrected chi connectivity index (χ2v) is 7.40. The van der Waals surface area contributed by atoms with Crippen LogP contribution in [0.5, 0.6) is 0 Å². The van der Waals surface area contributed by atoms with Crippen LogP contribution in [0.2, 0.25) is 0 Å². The van der Waals surface area contributed by atoms with Crippen molar-refractivity contribution in [2.75, 3.05) is 0 Å². The molecule has 1 atom stereocenters. The van der Waals surface area contributed by atoms with Gasteiger partial charge in [-0.15, -0.1) is 11.3 Å². The molecule has 1 aliphatic rings. The number of hydrogen-bond donors (Lipinski definition) is 2. The summed E-state index contributed by atoms with van der Waals surface area (Å²) in [5.41, 5.74) is 4.69. The van der Waals surface area contributed by atoms with Crippen LogP contribution < -0.4 is 11.3 Å². The van der Waals surface area contributed by atoms with Gasteiger partial charge in [0, 0.05) is 23.3 Å². The predicted molar refractivity (Wildman–Crippen MR) is 73.0 cm³/mol. The van der Waals surface area contributed by atoms with E-state index in [2.05, 4.69) is 38.5 Å². The molecule has 0 saturated heterocycles. The number of hydrazine groups is 1. The normalized spacial score (nSPS) is 20.3. The Morgan fingerprint density at radius 1 is 1.53 bits per heavy atom. The summed E-state index contributed by atoms with van der Waals surface area (Å²) in [5, 5.41) is 3.38. The average Bonchev–Trinajstić information content (AvgIpc) is 2.81. The first-order valence-corrected chi connectivity index (χ1v) is 7.14. The van der Waals surface area contributed by atoms with Crippen LogP contribution in [0.15, 0.2) is 5.38 Å². The molecule has 0 spiro atoms. The van der Waals surface area contributed by atoms with Gasteiger partial charge >= 0.3 is 0 Å². The third-order valence-electron chi connectivity index (χ3n) is 3.78. The molecule has 3 nitrogen and oxygen atoms in total. The number of thiazole rings is 1. The lowest BCUT2D eigenvalue weighted by molar-refractivity contribution is 0.358. The maximum atomic E-state index is 5.67. The van der Waals surface area contributed by atoms with Crippen LogP contribution in [0.1, 0.15) is 51.2 Å². The highest BCUT2D eigenvalue weighted by Gasteiger charge is 2.44. The summed E-state index contributed by atoms with van der Waals surface area (Å²) in [6.45, 7) is 8.90. The van der Waals surface area contributed by atoms with Gasteiger partial charge in [0.25, 0.3) is 0 Å². The van der Waals surface area contributed by atoms with Crippen LogP contribution in [-0.2, 0) is 11.8 Å². The molecule has 1 fully saturated rings. The van der Waals surface area contributed by atoms with Crippen molar-refractivity contribution in [3.63, 3.8) is 0 Å². The molecular weight excluding hydrogens is 230 g/mol. The molecule has 0 radical (unpaired) electrons. The van der Waals surface area contributed by atoms with Crippen molar-refractivity contribution in [2.45, 2.75) is 58.4 Å². The number of nitrogens with zero attached hydrogens (tertiary/aromatic N) is 1. The largest absolute Gasteiger partial charge is 0.271 e. The molecule has 0 amide bonds.